The zero-order valence-corrected chi connectivity index (χ0v) is 17.5. The van der Waals surface area contributed by atoms with Gasteiger partial charge in [0.25, 0.3) is 5.91 Å². The van der Waals surface area contributed by atoms with Crippen molar-refractivity contribution in [2.45, 2.75) is 26.3 Å². The molecule has 7 heteroatoms. The Kier molecular flexibility index (Phi) is 6.20. The fourth-order valence-corrected chi connectivity index (χ4v) is 3.88. The van der Waals surface area contributed by atoms with Crippen LogP contribution in [0.4, 0.5) is 5.69 Å². The van der Waals surface area contributed by atoms with Gasteiger partial charge in [-0.15, -0.1) is 0 Å². The smallest absolute Gasteiger partial charge is 0.251 e. The zero-order valence-electron chi connectivity index (χ0n) is 17.5. The molecule has 0 radical (unpaired) electrons. The van der Waals surface area contributed by atoms with E-state index >= 15 is 0 Å². The molecule has 1 aliphatic carbocycles. The monoisotopic (exact) mass is 411 g/mol. The number of carbonyl (C=O) groups is 2. The van der Waals surface area contributed by atoms with E-state index in [0.29, 0.717) is 36.9 Å². The maximum absolute atomic E-state index is 12.8. The average Bonchev–Trinajstić information content (AvgIpc) is 3.34. The number of hydrogen-bond acceptors (Lipinski definition) is 5. The van der Waals surface area contributed by atoms with Gasteiger partial charge in [-0.25, -0.2) is 0 Å². The van der Waals surface area contributed by atoms with Crippen LogP contribution in [-0.2, 0) is 9.53 Å². The largest absolute Gasteiger partial charge is 0.465 e. The summed E-state index contributed by atoms with van der Waals surface area (Å²) in [5.41, 5.74) is 1.17. The van der Waals surface area contributed by atoms with Gasteiger partial charge >= 0.3 is 0 Å². The molecule has 0 spiro atoms. The van der Waals surface area contributed by atoms with E-state index in [1.54, 1.807) is 18.2 Å². The number of aryl methyl sites for hydroxylation is 1. The Morgan fingerprint density at radius 2 is 1.97 bits per heavy atom. The molecule has 0 bridgehead atoms. The maximum Gasteiger partial charge on any atom is 0.251 e. The minimum atomic E-state index is -0.174. The summed E-state index contributed by atoms with van der Waals surface area (Å²) in [6.07, 6.45) is 0.932. The van der Waals surface area contributed by atoms with Crippen LogP contribution in [0.5, 0.6) is 0 Å². The molecule has 1 aliphatic heterocycles. The predicted molar refractivity (Wildman–Crippen MR) is 113 cm³/mol. The van der Waals surface area contributed by atoms with E-state index < -0.39 is 0 Å². The van der Waals surface area contributed by atoms with Crippen LogP contribution >= 0.6 is 0 Å². The number of amides is 2. The van der Waals surface area contributed by atoms with Crippen molar-refractivity contribution in [1.29, 1.82) is 0 Å². The fourth-order valence-electron chi connectivity index (χ4n) is 3.88. The van der Waals surface area contributed by atoms with Crippen molar-refractivity contribution in [3.63, 3.8) is 0 Å². The van der Waals surface area contributed by atoms with E-state index in [-0.39, 0.29) is 23.8 Å². The molecule has 1 saturated carbocycles. The molecule has 2 amide bonds. The Morgan fingerprint density at radius 3 is 2.63 bits per heavy atom. The summed E-state index contributed by atoms with van der Waals surface area (Å²) >= 11 is 0. The van der Waals surface area contributed by atoms with E-state index in [0.717, 1.165) is 31.0 Å². The highest BCUT2D eigenvalue weighted by molar-refractivity contribution is 5.98. The highest BCUT2D eigenvalue weighted by Crippen LogP contribution is 2.38. The second-order valence-electron chi connectivity index (χ2n) is 8.21. The molecule has 1 aromatic heterocycles. The van der Waals surface area contributed by atoms with E-state index in [9.17, 15) is 9.59 Å². The van der Waals surface area contributed by atoms with Crippen LogP contribution in [0.2, 0.25) is 0 Å². The van der Waals surface area contributed by atoms with Crippen molar-refractivity contribution in [3.05, 3.63) is 53.5 Å². The standard InChI is InChI=1S/C23H29N3O4/c1-15-12-19(15)23(28)25-18-5-3-4-17(13-18)22(27)24-14-20(21-7-6-16(2)30-21)26-8-10-29-11-9-26/h3-7,13,15,19-20H,8-12,14H2,1-2H3,(H,24,27)(H,25,28). The summed E-state index contributed by atoms with van der Waals surface area (Å²) in [7, 11) is 0. The molecule has 4 rings (SSSR count). The van der Waals surface area contributed by atoms with Crippen molar-refractivity contribution >= 4 is 17.5 Å². The van der Waals surface area contributed by atoms with Gasteiger partial charge in [0.1, 0.15) is 11.5 Å². The number of morpholine rings is 1. The summed E-state index contributed by atoms with van der Waals surface area (Å²) in [6, 6.07) is 10.9. The molecule has 2 fully saturated rings. The number of benzene rings is 1. The van der Waals surface area contributed by atoms with Crippen LogP contribution in [0.1, 0.15) is 41.3 Å². The van der Waals surface area contributed by atoms with Gasteiger partial charge in [-0.05, 0) is 49.6 Å². The minimum absolute atomic E-state index is 0.0284. The third-order valence-corrected chi connectivity index (χ3v) is 5.87. The van der Waals surface area contributed by atoms with E-state index in [1.165, 1.54) is 0 Å². The lowest BCUT2D eigenvalue weighted by atomic mass is 10.1. The molecule has 30 heavy (non-hydrogen) atoms. The Bertz CT molecular complexity index is 903. The molecule has 7 nitrogen and oxygen atoms in total. The number of furan rings is 1. The number of carbonyl (C=O) groups excluding carboxylic acids is 2. The SMILES string of the molecule is Cc1ccc(C(CNC(=O)c2cccc(NC(=O)C3CC3C)c2)N2CCOCC2)o1. The van der Waals surface area contributed by atoms with Crippen molar-refractivity contribution < 1.29 is 18.7 Å². The lowest BCUT2D eigenvalue weighted by Gasteiger charge is -2.33. The van der Waals surface area contributed by atoms with E-state index in [4.69, 9.17) is 9.15 Å². The van der Waals surface area contributed by atoms with Crippen LogP contribution in [-0.4, -0.2) is 49.6 Å². The molecule has 2 heterocycles. The van der Waals surface area contributed by atoms with Crippen LogP contribution in [0, 0.1) is 18.8 Å². The van der Waals surface area contributed by atoms with Crippen LogP contribution in [0.3, 0.4) is 0 Å². The fraction of sp³-hybridized carbons (Fsp3) is 0.478. The number of nitrogens with zero attached hydrogens (tertiary/aromatic N) is 1. The Labute approximate surface area is 176 Å². The van der Waals surface area contributed by atoms with Gasteiger partial charge in [-0.3, -0.25) is 14.5 Å². The topological polar surface area (TPSA) is 83.8 Å². The summed E-state index contributed by atoms with van der Waals surface area (Å²) in [4.78, 5) is 27.3. The molecule has 1 saturated heterocycles. The quantitative estimate of drug-likeness (QED) is 0.732. The van der Waals surface area contributed by atoms with Gasteiger partial charge in [0.15, 0.2) is 0 Å². The van der Waals surface area contributed by atoms with Crippen LogP contribution < -0.4 is 10.6 Å². The highest BCUT2D eigenvalue weighted by Gasteiger charge is 2.39. The van der Waals surface area contributed by atoms with Crippen LogP contribution in [0.15, 0.2) is 40.8 Å². The molecule has 2 aliphatic rings. The average molecular weight is 412 g/mol. The first-order valence-electron chi connectivity index (χ1n) is 10.6. The normalized spacial score (nSPS) is 22.3. The molecule has 2 aromatic rings. The first-order valence-corrected chi connectivity index (χ1v) is 10.6. The third kappa shape index (κ3) is 4.91. The zero-order chi connectivity index (χ0) is 21.1. The molecule has 2 N–H and O–H groups in total. The van der Waals surface area contributed by atoms with Gasteiger partial charge in [-0.2, -0.15) is 0 Å². The molecule has 160 valence electrons. The molecule has 3 atom stereocenters. The van der Waals surface area contributed by atoms with Gasteiger partial charge in [0.2, 0.25) is 5.91 Å². The number of anilines is 1. The van der Waals surface area contributed by atoms with Crippen molar-refractivity contribution in [1.82, 2.24) is 10.2 Å². The maximum atomic E-state index is 12.8. The first-order chi connectivity index (χ1) is 14.5. The van der Waals surface area contributed by atoms with Crippen molar-refractivity contribution in [2.75, 3.05) is 38.2 Å². The molecule has 3 unspecified atom stereocenters. The molecule has 1 aromatic carbocycles. The number of nitrogens with one attached hydrogen (secondary N) is 2. The second-order valence-corrected chi connectivity index (χ2v) is 8.21. The van der Waals surface area contributed by atoms with Crippen molar-refractivity contribution in [3.8, 4) is 0 Å². The lowest BCUT2D eigenvalue weighted by molar-refractivity contribution is -0.117. The van der Waals surface area contributed by atoms with Crippen LogP contribution in [0.25, 0.3) is 0 Å². The first kappa shape index (κ1) is 20.6. The Hall–Kier alpha value is -2.64. The molecular formula is C23H29N3O4. The summed E-state index contributed by atoms with van der Waals surface area (Å²) in [5, 5.41) is 5.95. The summed E-state index contributed by atoms with van der Waals surface area (Å²) in [6.45, 7) is 7.35. The summed E-state index contributed by atoms with van der Waals surface area (Å²) in [5.74, 6) is 2.08. The van der Waals surface area contributed by atoms with Gasteiger partial charge < -0.3 is 19.8 Å². The third-order valence-electron chi connectivity index (χ3n) is 5.87. The highest BCUT2D eigenvalue weighted by atomic mass is 16.5. The van der Waals surface area contributed by atoms with Gasteiger partial charge in [0.05, 0.1) is 19.3 Å². The number of rotatable bonds is 7. The van der Waals surface area contributed by atoms with Gasteiger partial charge in [-0.1, -0.05) is 13.0 Å². The Morgan fingerprint density at radius 1 is 1.20 bits per heavy atom. The van der Waals surface area contributed by atoms with E-state index in [2.05, 4.69) is 22.5 Å². The second kappa shape index (κ2) is 9.02. The summed E-state index contributed by atoms with van der Waals surface area (Å²) < 4.78 is 11.3. The lowest BCUT2D eigenvalue weighted by Crippen LogP contribution is -2.43. The minimum Gasteiger partial charge on any atom is -0.465 e. The number of hydrogen-bond donors (Lipinski definition) is 2. The predicted octanol–water partition coefficient (Wildman–Crippen LogP) is 2.99. The van der Waals surface area contributed by atoms with Gasteiger partial charge in [0, 0.05) is 36.8 Å². The molecular weight excluding hydrogens is 382 g/mol. The van der Waals surface area contributed by atoms with E-state index in [1.807, 2.05) is 25.1 Å². The Balaban J connectivity index is 1.40. The number of ether oxygens (including phenoxy) is 1. The van der Waals surface area contributed by atoms with Crippen molar-refractivity contribution in [2.24, 2.45) is 11.8 Å².